The fourth-order valence-electron chi connectivity index (χ4n) is 2.90. The predicted molar refractivity (Wildman–Crippen MR) is 74.7 cm³/mol. The number of esters is 1. The third-order valence-corrected chi connectivity index (χ3v) is 3.88. The van der Waals surface area contributed by atoms with Gasteiger partial charge in [-0.25, -0.2) is 4.79 Å². The maximum Gasteiger partial charge on any atom is 0.328 e. The van der Waals surface area contributed by atoms with E-state index >= 15 is 0 Å². The Morgan fingerprint density at radius 3 is 2.37 bits per heavy atom. The molecule has 1 heterocycles. The molecule has 110 valence electrons. The quantitative estimate of drug-likeness (QED) is 0.697. The van der Waals surface area contributed by atoms with Crippen molar-refractivity contribution in [2.75, 3.05) is 13.7 Å². The van der Waals surface area contributed by atoms with Crippen molar-refractivity contribution in [3.63, 3.8) is 0 Å². The zero-order valence-electron chi connectivity index (χ0n) is 12.5. The molecule has 4 heteroatoms. The van der Waals surface area contributed by atoms with Gasteiger partial charge in [0.2, 0.25) is 5.91 Å². The topological polar surface area (TPSA) is 46.6 Å². The maximum atomic E-state index is 12.6. The Labute approximate surface area is 116 Å². The van der Waals surface area contributed by atoms with Gasteiger partial charge in [-0.05, 0) is 32.1 Å². The lowest BCUT2D eigenvalue weighted by Crippen LogP contribution is -2.50. The lowest BCUT2D eigenvalue weighted by molar-refractivity contribution is -0.156. The average Bonchev–Trinajstić information content (AvgIpc) is 2.45. The molecule has 1 atom stereocenters. The summed E-state index contributed by atoms with van der Waals surface area (Å²) in [5.41, 5.74) is 0. The van der Waals surface area contributed by atoms with E-state index in [1.165, 1.54) is 7.11 Å². The molecular weight excluding hydrogens is 242 g/mol. The van der Waals surface area contributed by atoms with Gasteiger partial charge in [-0.3, -0.25) is 4.79 Å². The van der Waals surface area contributed by atoms with Crippen LogP contribution in [-0.4, -0.2) is 36.5 Å². The summed E-state index contributed by atoms with van der Waals surface area (Å²) in [7, 11) is 1.40. The molecule has 1 rings (SSSR count). The highest BCUT2D eigenvalue weighted by atomic mass is 16.5. The number of hydrogen-bond donors (Lipinski definition) is 0. The van der Waals surface area contributed by atoms with Crippen molar-refractivity contribution in [3.05, 3.63) is 0 Å². The van der Waals surface area contributed by atoms with Gasteiger partial charge in [-0.15, -0.1) is 0 Å². The third-order valence-electron chi connectivity index (χ3n) is 3.88. The number of likely N-dealkylation sites (tertiary alicyclic amines) is 1. The Balaban J connectivity index is 2.76. The van der Waals surface area contributed by atoms with E-state index in [-0.39, 0.29) is 23.8 Å². The lowest BCUT2D eigenvalue weighted by Gasteiger charge is -2.36. The molecule has 1 fully saturated rings. The number of nitrogens with zero attached hydrogens (tertiary/aromatic N) is 1. The lowest BCUT2D eigenvalue weighted by atomic mass is 9.93. The molecule has 1 aliphatic rings. The first-order valence-corrected chi connectivity index (χ1v) is 7.53. The molecule has 0 saturated carbocycles. The van der Waals surface area contributed by atoms with Gasteiger partial charge in [0, 0.05) is 12.5 Å². The predicted octanol–water partition coefficient (Wildman–Crippen LogP) is 2.76. The van der Waals surface area contributed by atoms with Crippen molar-refractivity contribution >= 4 is 11.9 Å². The van der Waals surface area contributed by atoms with Crippen molar-refractivity contribution in [2.45, 2.75) is 64.8 Å². The normalized spacial score (nSPS) is 19.6. The van der Waals surface area contributed by atoms with Gasteiger partial charge in [0.05, 0.1) is 7.11 Å². The molecular formula is C15H27NO3. The van der Waals surface area contributed by atoms with Crippen LogP contribution in [0.3, 0.4) is 0 Å². The summed E-state index contributed by atoms with van der Waals surface area (Å²) in [6.45, 7) is 4.90. The number of methoxy groups -OCH3 is 1. The monoisotopic (exact) mass is 269 g/mol. The third kappa shape index (κ3) is 4.22. The summed E-state index contributed by atoms with van der Waals surface area (Å²) in [4.78, 5) is 26.2. The summed E-state index contributed by atoms with van der Waals surface area (Å²) < 4.78 is 4.84. The van der Waals surface area contributed by atoms with E-state index < -0.39 is 0 Å². The Morgan fingerprint density at radius 1 is 1.21 bits per heavy atom. The SMILES string of the molecule is CCCC(CCC)C(=O)N1CCCCC1C(=O)OC. The second-order valence-corrected chi connectivity index (χ2v) is 5.34. The summed E-state index contributed by atoms with van der Waals surface area (Å²) in [6.07, 6.45) is 6.57. The molecule has 0 aromatic carbocycles. The van der Waals surface area contributed by atoms with E-state index in [9.17, 15) is 9.59 Å². The second kappa shape index (κ2) is 8.18. The van der Waals surface area contributed by atoms with Gasteiger partial charge in [-0.2, -0.15) is 0 Å². The van der Waals surface area contributed by atoms with Crippen molar-refractivity contribution < 1.29 is 14.3 Å². The molecule has 1 saturated heterocycles. The van der Waals surface area contributed by atoms with Crippen LogP contribution in [0.5, 0.6) is 0 Å². The Morgan fingerprint density at radius 2 is 1.84 bits per heavy atom. The highest BCUT2D eigenvalue weighted by molar-refractivity contribution is 5.86. The number of carbonyl (C=O) groups is 2. The highest BCUT2D eigenvalue weighted by Crippen LogP contribution is 2.24. The van der Waals surface area contributed by atoms with Gasteiger partial charge in [-0.1, -0.05) is 26.7 Å². The van der Waals surface area contributed by atoms with Crippen molar-refractivity contribution in [1.29, 1.82) is 0 Å². The van der Waals surface area contributed by atoms with Crippen LogP contribution in [-0.2, 0) is 14.3 Å². The molecule has 0 bridgehead atoms. The van der Waals surface area contributed by atoms with E-state index in [4.69, 9.17) is 4.74 Å². The van der Waals surface area contributed by atoms with E-state index in [2.05, 4.69) is 13.8 Å². The summed E-state index contributed by atoms with van der Waals surface area (Å²) >= 11 is 0. The standard InChI is InChI=1S/C15H27NO3/c1-4-8-12(9-5-2)14(17)16-11-7-6-10-13(16)15(18)19-3/h12-13H,4-11H2,1-3H3. The molecule has 1 aliphatic heterocycles. The summed E-state index contributed by atoms with van der Waals surface area (Å²) in [5, 5.41) is 0. The zero-order valence-corrected chi connectivity index (χ0v) is 12.5. The molecule has 0 N–H and O–H groups in total. The smallest absolute Gasteiger partial charge is 0.328 e. The molecule has 0 aromatic heterocycles. The molecule has 0 radical (unpaired) electrons. The Bertz CT molecular complexity index is 298. The van der Waals surface area contributed by atoms with Gasteiger partial charge in [0.1, 0.15) is 6.04 Å². The minimum atomic E-state index is -0.359. The fourth-order valence-corrected chi connectivity index (χ4v) is 2.90. The van der Waals surface area contributed by atoms with E-state index in [1.54, 1.807) is 4.90 Å². The summed E-state index contributed by atoms with van der Waals surface area (Å²) in [6, 6.07) is -0.359. The molecule has 1 amide bonds. The number of amides is 1. The van der Waals surface area contributed by atoms with Crippen LogP contribution >= 0.6 is 0 Å². The van der Waals surface area contributed by atoms with Crippen molar-refractivity contribution in [2.24, 2.45) is 5.92 Å². The van der Waals surface area contributed by atoms with Crippen LogP contribution in [0, 0.1) is 5.92 Å². The number of hydrogen-bond acceptors (Lipinski definition) is 3. The number of rotatable bonds is 6. The van der Waals surface area contributed by atoms with Crippen LogP contribution in [0.25, 0.3) is 0 Å². The maximum absolute atomic E-state index is 12.6. The van der Waals surface area contributed by atoms with Gasteiger partial charge >= 0.3 is 5.97 Å². The number of piperidine rings is 1. The van der Waals surface area contributed by atoms with Gasteiger partial charge in [0.15, 0.2) is 0 Å². The molecule has 1 unspecified atom stereocenters. The van der Waals surface area contributed by atoms with Crippen LogP contribution < -0.4 is 0 Å². The first kappa shape index (κ1) is 16.0. The Hall–Kier alpha value is -1.06. The molecule has 19 heavy (non-hydrogen) atoms. The second-order valence-electron chi connectivity index (χ2n) is 5.34. The summed E-state index contributed by atoms with van der Waals surface area (Å²) in [5.74, 6) is -0.0427. The number of ether oxygens (including phenoxy) is 1. The van der Waals surface area contributed by atoms with E-state index in [0.717, 1.165) is 44.9 Å². The van der Waals surface area contributed by atoms with Crippen molar-refractivity contribution in [1.82, 2.24) is 4.90 Å². The van der Waals surface area contributed by atoms with Crippen LogP contribution in [0.15, 0.2) is 0 Å². The Kier molecular flexibility index (Phi) is 6.89. The molecule has 0 aromatic rings. The zero-order chi connectivity index (χ0) is 14.3. The van der Waals surface area contributed by atoms with Crippen LogP contribution in [0.4, 0.5) is 0 Å². The van der Waals surface area contributed by atoms with E-state index in [1.807, 2.05) is 0 Å². The van der Waals surface area contributed by atoms with Gasteiger partial charge in [0.25, 0.3) is 0 Å². The largest absolute Gasteiger partial charge is 0.467 e. The molecule has 0 spiro atoms. The van der Waals surface area contributed by atoms with Crippen LogP contribution in [0.2, 0.25) is 0 Å². The average molecular weight is 269 g/mol. The van der Waals surface area contributed by atoms with E-state index in [0.29, 0.717) is 6.54 Å². The molecule has 0 aliphatic carbocycles. The number of carbonyl (C=O) groups excluding carboxylic acids is 2. The van der Waals surface area contributed by atoms with Gasteiger partial charge < -0.3 is 9.64 Å². The minimum Gasteiger partial charge on any atom is -0.467 e. The highest BCUT2D eigenvalue weighted by Gasteiger charge is 2.35. The van der Waals surface area contributed by atoms with Crippen molar-refractivity contribution in [3.8, 4) is 0 Å². The minimum absolute atomic E-state index is 0.0697. The molecule has 4 nitrogen and oxygen atoms in total. The first-order valence-electron chi connectivity index (χ1n) is 7.53. The van der Waals surface area contributed by atoms with Crippen LogP contribution in [0.1, 0.15) is 58.8 Å². The first-order chi connectivity index (χ1) is 9.15. The fraction of sp³-hybridized carbons (Fsp3) is 0.867.